The van der Waals surface area contributed by atoms with Gasteiger partial charge in [0, 0.05) is 17.4 Å². The summed E-state index contributed by atoms with van der Waals surface area (Å²) in [4.78, 5) is 35.9. The normalized spacial score (nSPS) is 12.6. The maximum Gasteiger partial charge on any atom is 0.340 e. The lowest BCUT2D eigenvalue weighted by Gasteiger charge is -2.06. The smallest absolute Gasteiger partial charge is 0.340 e. The van der Waals surface area contributed by atoms with Gasteiger partial charge in [0.05, 0.1) is 35.4 Å². The largest absolute Gasteiger partial charge is 0.506 e. The van der Waals surface area contributed by atoms with Crippen LogP contribution in [0, 0.1) is 4.91 Å². The Kier molecular flexibility index (Phi) is 6.18. The fourth-order valence-corrected chi connectivity index (χ4v) is 4.43. The Balaban J connectivity index is 1.52. The molecular formula is C23H19N3O6S. The SMILES string of the molecule is COC(=O)c1ccc(C(=O)N/N=C(\C)c2csc(-c3ccc4c(c3)CCO4)c2O)cc1N=O. The van der Waals surface area contributed by atoms with Gasteiger partial charge in [-0.05, 0) is 59.6 Å². The van der Waals surface area contributed by atoms with Crippen LogP contribution in [0.4, 0.5) is 5.69 Å². The third kappa shape index (κ3) is 4.33. The van der Waals surface area contributed by atoms with Crippen molar-refractivity contribution in [3.05, 3.63) is 68.9 Å². The molecule has 1 aromatic heterocycles. The van der Waals surface area contributed by atoms with E-state index in [9.17, 15) is 19.6 Å². The minimum Gasteiger partial charge on any atom is -0.506 e. The zero-order valence-corrected chi connectivity index (χ0v) is 18.6. The van der Waals surface area contributed by atoms with Crippen molar-refractivity contribution in [3.63, 3.8) is 0 Å². The van der Waals surface area contributed by atoms with Crippen LogP contribution in [-0.2, 0) is 11.2 Å². The van der Waals surface area contributed by atoms with E-state index in [1.165, 1.54) is 36.6 Å². The second-order valence-electron chi connectivity index (χ2n) is 7.20. The molecule has 0 radical (unpaired) electrons. The van der Waals surface area contributed by atoms with Gasteiger partial charge in [0.1, 0.15) is 17.2 Å². The van der Waals surface area contributed by atoms with Gasteiger partial charge >= 0.3 is 5.97 Å². The van der Waals surface area contributed by atoms with E-state index in [4.69, 9.17) is 4.74 Å². The number of benzene rings is 2. The second-order valence-corrected chi connectivity index (χ2v) is 8.08. The highest BCUT2D eigenvalue weighted by molar-refractivity contribution is 7.14. The minimum absolute atomic E-state index is 0.0439. The summed E-state index contributed by atoms with van der Waals surface area (Å²) in [6, 6.07) is 9.61. The number of hydrogen-bond donors (Lipinski definition) is 2. The number of thiophene rings is 1. The number of rotatable bonds is 6. The third-order valence-corrected chi connectivity index (χ3v) is 6.21. The average Bonchev–Trinajstić information content (AvgIpc) is 3.47. The predicted octanol–water partition coefficient (Wildman–Crippen LogP) is 4.39. The molecule has 4 rings (SSSR count). The monoisotopic (exact) mass is 465 g/mol. The highest BCUT2D eigenvalue weighted by atomic mass is 32.1. The molecule has 0 fully saturated rings. The number of carbonyl (C=O) groups excluding carboxylic acids is 2. The van der Waals surface area contributed by atoms with E-state index < -0.39 is 11.9 Å². The number of nitroso groups, excluding NO2 is 1. The molecule has 1 aliphatic rings. The summed E-state index contributed by atoms with van der Waals surface area (Å²) < 4.78 is 10.1. The quantitative estimate of drug-likeness (QED) is 0.241. The minimum atomic E-state index is -0.731. The molecule has 0 atom stereocenters. The molecule has 9 nitrogen and oxygen atoms in total. The summed E-state index contributed by atoms with van der Waals surface area (Å²) in [7, 11) is 1.18. The van der Waals surface area contributed by atoms with Crippen molar-refractivity contribution >= 4 is 34.6 Å². The maximum absolute atomic E-state index is 12.5. The highest BCUT2D eigenvalue weighted by Crippen LogP contribution is 2.40. The topological polar surface area (TPSA) is 127 Å². The molecule has 1 aliphatic heterocycles. The molecule has 2 heterocycles. The molecule has 0 aliphatic carbocycles. The number of esters is 1. The van der Waals surface area contributed by atoms with E-state index in [1.807, 2.05) is 18.2 Å². The van der Waals surface area contributed by atoms with Crippen LogP contribution in [0.1, 0.15) is 38.8 Å². The van der Waals surface area contributed by atoms with Crippen LogP contribution in [0.2, 0.25) is 0 Å². The Morgan fingerprint density at radius 2 is 2.00 bits per heavy atom. The van der Waals surface area contributed by atoms with Gasteiger partial charge in [-0.3, -0.25) is 4.79 Å². The van der Waals surface area contributed by atoms with Crippen LogP contribution < -0.4 is 10.2 Å². The fourth-order valence-electron chi connectivity index (χ4n) is 3.43. The molecule has 0 saturated carbocycles. The van der Waals surface area contributed by atoms with Crippen molar-refractivity contribution in [1.29, 1.82) is 0 Å². The van der Waals surface area contributed by atoms with Crippen LogP contribution in [0.25, 0.3) is 10.4 Å². The molecule has 0 saturated heterocycles. The van der Waals surface area contributed by atoms with E-state index in [2.05, 4.69) is 20.4 Å². The van der Waals surface area contributed by atoms with Gasteiger partial charge in [-0.1, -0.05) is 0 Å². The number of nitrogens with one attached hydrogen (secondary N) is 1. The first-order chi connectivity index (χ1) is 15.9. The zero-order chi connectivity index (χ0) is 23.5. The summed E-state index contributed by atoms with van der Waals surface area (Å²) in [5, 5.41) is 19.4. The van der Waals surface area contributed by atoms with Crippen molar-refractivity contribution in [2.45, 2.75) is 13.3 Å². The standard InChI is InChI=1S/C23H19N3O6S/c1-12(24-25-22(28)15-3-5-16(23(29)31-2)18(10-15)26-30)17-11-33-21(20(17)27)14-4-6-19-13(9-14)7-8-32-19/h3-6,9-11,27H,7-8H2,1-2H3,(H,25,28)/b24-12+. The number of hydrogen-bond acceptors (Lipinski definition) is 9. The van der Waals surface area contributed by atoms with Gasteiger partial charge in [-0.25, -0.2) is 10.2 Å². The molecule has 168 valence electrons. The van der Waals surface area contributed by atoms with Gasteiger partial charge in [-0.15, -0.1) is 16.2 Å². The maximum atomic E-state index is 12.5. The average molecular weight is 465 g/mol. The van der Waals surface area contributed by atoms with Gasteiger partial charge in [-0.2, -0.15) is 5.10 Å². The zero-order valence-electron chi connectivity index (χ0n) is 17.7. The Labute approximate surface area is 192 Å². The van der Waals surface area contributed by atoms with E-state index in [0.29, 0.717) is 22.8 Å². The van der Waals surface area contributed by atoms with E-state index in [-0.39, 0.29) is 22.6 Å². The van der Waals surface area contributed by atoms with Gasteiger partial charge in [0.2, 0.25) is 0 Å². The lowest BCUT2D eigenvalue weighted by molar-refractivity contribution is 0.0601. The van der Waals surface area contributed by atoms with Crippen LogP contribution >= 0.6 is 11.3 Å². The number of amides is 1. The van der Waals surface area contributed by atoms with Gasteiger partial charge < -0.3 is 14.6 Å². The summed E-state index contributed by atoms with van der Waals surface area (Å²) >= 11 is 1.37. The number of aromatic hydroxyl groups is 1. The van der Waals surface area contributed by atoms with Crippen molar-refractivity contribution in [1.82, 2.24) is 5.43 Å². The number of nitrogens with zero attached hydrogens (tertiary/aromatic N) is 2. The number of carbonyl (C=O) groups is 2. The summed E-state index contributed by atoms with van der Waals surface area (Å²) in [5.41, 5.74) is 5.08. The molecule has 1 amide bonds. The first kappa shape index (κ1) is 22.2. The molecular weight excluding hydrogens is 446 g/mol. The number of methoxy groups -OCH3 is 1. The Hall–Kier alpha value is -4.05. The predicted molar refractivity (Wildman–Crippen MR) is 124 cm³/mol. The fraction of sp³-hybridized carbons (Fsp3) is 0.174. The van der Waals surface area contributed by atoms with Crippen LogP contribution in [-0.4, -0.2) is 36.4 Å². The Morgan fingerprint density at radius 1 is 1.18 bits per heavy atom. The van der Waals surface area contributed by atoms with Crippen molar-refractivity contribution in [3.8, 4) is 21.9 Å². The van der Waals surface area contributed by atoms with Crippen LogP contribution in [0.3, 0.4) is 0 Å². The summed E-state index contributed by atoms with van der Waals surface area (Å²) in [6.45, 7) is 2.31. The molecule has 0 bridgehead atoms. The Morgan fingerprint density at radius 3 is 2.76 bits per heavy atom. The molecule has 10 heteroatoms. The summed E-state index contributed by atoms with van der Waals surface area (Å²) in [5.74, 6) is -0.401. The van der Waals surface area contributed by atoms with E-state index in [0.717, 1.165) is 23.3 Å². The molecule has 0 unspecified atom stereocenters. The summed E-state index contributed by atoms with van der Waals surface area (Å²) in [6.07, 6.45) is 0.830. The van der Waals surface area contributed by atoms with Crippen LogP contribution in [0.5, 0.6) is 11.5 Å². The number of fused-ring (bicyclic) bond motifs is 1. The molecule has 0 spiro atoms. The lowest BCUT2D eigenvalue weighted by Crippen LogP contribution is -2.19. The van der Waals surface area contributed by atoms with Crippen LogP contribution in [0.15, 0.2) is 52.1 Å². The van der Waals surface area contributed by atoms with Crippen molar-refractivity contribution in [2.75, 3.05) is 13.7 Å². The van der Waals surface area contributed by atoms with Crippen molar-refractivity contribution in [2.24, 2.45) is 10.3 Å². The molecule has 2 aromatic carbocycles. The number of hydrazone groups is 1. The second kappa shape index (κ2) is 9.21. The molecule has 3 aromatic rings. The molecule has 33 heavy (non-hydrogen) atoms. The lowest BCUT2D eigenvalue weighted by atomic mass is 10.1. The third-order valence-electron chi connectivity index (χ3n) is 5.19. The first-order valence-corrected chi connectivity index (χ1v) is 10.8. The molecule has 2 N–H and O–H groups in total. The van der Waals surface area contributed by atoms with E-state index in [1.54, 1.807) is 12.3 Å². The van der Waals surface area contributed by atoms with E-state index >= 15 is 0 Å². The van der Waals surface area contributed by atoms with Crippen molar-refractivity contribution < 1.29 is 24.2 Å². The highest BCUT2D eigenvalue weighted by Gasteiger charge is 2.19. The van der Waals surface area contributed by atoms with Gasteiger partial charge in [0.25, 0.3) is 5.91 Å². The Bertz CT molecular complexity index is 1300. The van der Waals surface area contributed by atoms with Gasteiger partial charge in [0.15, 0.2) is 0 Å². The number of ether oxygens (including phenoxy) is 2. The first-order valence-electron chi connectivity index (χ1n) is 9.90.